The molecule has 156 valence electrons. The zero-order valence-corrected chi connectivity index (χ0v) is 17.9. The molecule has 0 saturated carbocycles. The Hall–Kier alpha value is -2.63. The number of fused-ring (bicyclic) bond motifs is 2. The number of aromatic nitrogens is 2. The van der Waals surface area contributed by atoms with E-state index in [2.05, 4.69) is 24.4 Å². The summed E-state index contributed by atoms with van der Waals surface area (Å²) >= 11 is 0. The van der Waals surface area contributed by atoms with Crippen LogP contribution in [0, 0.1) is 6.92 Å². The Kier molecular flexibility index (Phi) is 5.93. The van der Waals surface area contributed by atoms with Gasteiger partial charge in [-0.05, 0) is 43.9 Å². The van der Waals surface area contributed by atoms with Crippen LogP contribution in [0.2, 0.25) is 0 Å². The van der Waals surface area contributed by atoms with Crippen molar-refractivity contribution in [3.63, 3.8) is 0 Å². The second kappa shape index (κ2) is 8.62. The van der Waals surface area contributed by atoms with Crippen molar-refractivity contribution in [2.24, 2.45) is 0 Å². The normalized spacial score (nSPS) is 20.5. The molecule has 2 atom stereocenters. The first-order valence-electron chi connectivity index (χ1n) is 10.5. The molecule has 2 aromatic carbocycles. The minimum Gasteiger partial charge on any atom is -0.337 e. The van der Waals surface area contributed by atoms with Gasteiger partial charge in [0.25, 0.3) is 5.91 Å². The van der Waals surface area contributed by atoms with E-state index in [0.717, 1.165) is 48.4 Å². The third kappa shape index (κ3) is 3.87. The summed E-state index contributed by atoms with van der Waals surface area (Å²) in [6.07, 6.45) is 5.31. The number of aryl methyl sites for hydroxylation is 1. The number of carbonyl (C=O) groups is 1. The highest BCUT2D eigenvalue weighted by atomic mass is 35.5. The van der Waals surface area contributed by atoms with Crippen LogP contribution in [0.5, 0.6) is 0 Å². The zero-order valence-electron chi connectivity index (χ0n) is 17.1. The Balaban J connectivity index is 0.00000218. The van der Waals surface area contributed by atoms with Crippen LogP contribution in [0.15, 0.2) is 60.8 Å². The lowest BCUT2D eigenvalue weighted by Gasteiger charge is -2.24. The minimum atomic E-state index is 0. The summed E-state index contributed by atoms with van der Waals surface area (Å²) < 4.78 is 1.83. The highest BCUT2D eigenvalue weighted by molar-refractivity contribution is 6.00. The number of nitrogens with one attached hydrogen (secondary N) is 1. The van der Waals surface area contributed by atoms with Crippen LogP contribution in [-0.2, 0) is 0 Å². The van der Waals surface area contributed by atoms with Crippen molar-refractivity contribution in [3.8, 4) is 16.9 Å². The highest BCUT2D eigenvalue weighted by Gasteiger charge is 2.33. The van der Waals surface area contributed by atoms with Crippen molar-refractivity contribution < 1.29 is 4.79 Å². The van der Waals surface area contributed by atoms with Gasteiger partial charge in [0.2, 0.25) is 0 Å². The van der Waals surface area contributed by atoms with E-state index in [0.29, 0.717) is 17.6 Å². The maximum Gasteiger partial charge on any atom is 0.257 e. The molecule has 2 aliphatic rings. The van der Waals surface area contributed by atoms with Crippen LogP contribution >= 0.6 is 12.4 Å². The summed E-state index contributed by atoms with van der Waals surface area (Å²) in [6.45, 7) is 3.65. The average Bonchev–Trinajstić information content (AvgIpc) is 3.32. The van der Waals surface area contributed by atoms with Gasteiger partial charge in [-0.25, -0.2) is 4.68 Å². The molecule has 5 nitrogen and oxygen atoms in total. The van der Waals surface area contributed by atoms with E-state index >= 15 is 0 Å². The number of benzene rings is 2. The predicted octanol–water partition coefficient (Wildman–Crippen LogP) is 4.24. The SMILES string of the molecule is Cc1ccccc1-c1nn(-c2ccccc2)cc1C(=O)N1CCC2CCC(C1)N2.Cl. The van der Waals surface area contributed by atoms with Crippen LogP contribution in [0.3, 0.4) is 0 Å². The lowest BCUT2D eigenvalue weighted by molar-refractivity contribution is 0.0749. The first-order valence-corrected chi connectivity index (χ1v) is 10.5. The van der Waals surface area contributed by atoms with Crippen molar-refractivity contribution in [2.45, 2.75) is 38.3 Å². The Morgan fingerprint density at radius 1 is 1.00 bits per heavy atom. The number of halogens is 1. The first kappa shape index (κ1) is 20.6. The van der Waals surface area contributed by atoms with E-state index in [-0.39, 0.29) is 18.3 Å². The first-order chi connectivity index (χ1) is 14.2. The third-order valence-electron chi connectivity index (χ3n) is 6.18. The molecule has 0 radical (unpaired) electrons. The number of amides is 1. The second-order valence-electron chi connectivity index (χ2n) is 8.16. The predicted molar refractivity (Wildman–Crippen MR) is 121 cm³/mol. The molecule has 5 rings (SSSR count). The van der Waals surface area contributed by atoms with Crippen LogP contribution < -0.4 is 5.32 Å². The second-order valence-corrected chi connectivity index (χ2v) is 8.16. The molecule has 2 aliphatic heterocycles. The quantitative estimate of drug-likeness (QED) is 0.687. The van der Waals surface area contributed by atoms with E-state index in [1.54, 1.807) is 0 Å². The number of hydrogen-bond acceptors (Lipinski definition) is 3. The molecule has 1 aromatic heterocycles. The number of likely N-dealkylation sites (tertiary alicyclic amines) is 1. The van der Waals surface area contributed by atoms with Gasteiger partial charge in [0.05, 0.1) is 11.3 Å². The molecule has 30 heavy (non-hydrogen) atoms. The van der Waals surface area contributed by atoms with Gasteiger partial charge in [-0.2, -0.15) is 5.10 Å². The van der Waals surface area contributed by atoms with Crippen molar-refractivity contribution in [3.05, 3.63) is 71.9 Å². The summed E-state index contributed by atoms with van der Waals surface area (Å²) in [5.41, 5.74) is 4.54. The molecule has 2 bridgehead atoms. The minimum absolute atomic E-state index is 0. The Morgan fingerprint density at radius 3 is 2.53 bits per heavy atom. The molecule has 0 spiro atoms. The van der Waals surface area contributed by atoms with E-state index in [1.165, 1.54) is 6.42 Å². The summed E-state index contributed by atoms with van der Waals surface area (Å²) in [4.78, 5) is 15.6. The van der Waals surface area contributed by atoms with Gasteiger partial charge in [0.15, 0.2) is 0 Å². The van der Waals surface area contributed by atoms with Gasteiger partial charge >= 0.3 is 0 Å². The largest absolute Gasteiger partial charge is 0.337 e. The van der Waals surface area contributed by atoms with Crippen molar-refractivity contribution in [1.29, 1.82) is 0 Å². The molecule has 1 amide bonds. The fourth-order valence-corrected chi connectivity index (χ4v) is 4.58. The van der Waals surface area contributed by atoms with Crippen LogP contribution in [0.4, 0.5) is 0 Å². The molecule has 6 heteroatoms. The monoisotopic (exact) mass is 422 g/mol. The smallest absolute Gasteiger partial charge is 0.257 e. The van der Waals surface area contributed by atoms with Crippen LogP contribution in [-0.4, -0.2) is 45.8 Å². The summed E-state index contributed by atoms with van der Waals surface area (Å²) in [6, 6.07) is 19.1. The zero-order chi connectivity index (χ0) is 19.8. The number of rotatable bonds is 3. The topological polar surface area (TPSA) is 50.2 Å². The van der Waals surface area contributed by atoms with Gasteiger partial charge in [-0.3, -0.25) is 4.79 Å². The summed E-state index contributed by atoms with van der Waals surface area (Å²) in [5, 5.41) is 8.51. The van der Waals surface area contributed by atoms with E-state index in [4.69, 9.17) is 5.10 Å². The average molecular weight is 423 g/mol. The molecule has 2 fully saturated rings. The van der Waals surface area contributed by atoms with E-state index < -0.39 is 0 Å². The lowest BCUT2D eigenvalue weighted by Crippen LogP contribution is -2.39. The van der Waals surface area contributed by atoms with Crippen molar-refractivity contribution in [2.75, 3.05) is 13.1 Å². The fourth-order valence-electron chi connectivity index (χ4n) is 4.58. The van der Waals surface area contributed by atoms with E-state index in [1.807, 2.05) is 58.2 Å². The van der Waals surface area contributed by atoms with Gasteiger partial charge in [-0.15, -0.1) is 12.4 Å². The fraction of sp³-hybridized carbons (Fsp3) is 0.333. The summed E-state index contributed by atoms with van der Waals surface area (Å²) in [7, 11) is 0. The number of nitrogens with zero attached hydrogens (tertiary/aromatic N) is 3. The molecule has 3 heterocycles. The number of hydrogen-bond donors (Lipinski definition) is 1. The van der Waals surface area contributed by atoms with Gasteiger partial charge in [0, 0.05) is 36.9 Å². The molecule has 0 aliphatic carbocycles. The van der Waals surface area contributed by atoms with Gasteiger partial charge < -0.3 is 10.2 Å². The van der Waals surface area contributed by atoms with Gasteiger partial charge in [-0.1, -0.05) is 42.5 Å². The Morgan fingerprint density at radius 2 is 1.73 bits per heavy atom. The highest BCUT2D eigenvalue weighted by Crippen LogP contribution is 2.29. The molecule has 2 unspecified atom stereocenters. The lowest BCUT2D eigenvalue weighted by atomic mass is 10.0. The van der Waals surface area contributed by atoms with Crippen molar-refractivity contribution in [1.82, 2.24) is 20.0 Å². The van der Waals surface area contributed by atoms with Crippen molar-refractivity contribution >= 4 is 18.3 Å². The maximum absolute atomic E-state index is 13.6. The maximum atomic E-state index is 13.6. The molecular formula is C24H27ClN4O. The Bertz CT molecular complexity index is 1030. The van der Waals surface area contributed by atoms with Crippen LogP contribution in [0.25, 0.3) is 16.9 Å². The van der Waals surface area contributed by atoms with Gasteiger partial charge in [0.1, 0.15) is 5.69 Å². The summed E-state index contributed by atoms with van der Waals surface area (Å²) in [5.74, 6) is 0.0831. The molecular weight excluding hydrogens is 396 g/mol. The van der Waals surface area contributed by atoms with E-state index in [9.17, 15) is 4.79 Å². The molecule has 1 N–H and O–H groups in total. The molecule has 2 saturated heterocycles. The van der Waals surface area contributed by atoms with Crippen LogP contribution in [0.1, 0.15) is 35.2 Å². The number of para-hydroxylation sites is 1. The standard InChI is InChI=1S/C24H26N4O.ClH/c1-17-7-5-6-10-21(17)23-22(16-28(26-23)20-8-3-2-4-9-20)24(29)27-14-13-18-11-12-19(15-27)25-18;/h2-10,16,18-19,25H,11-15H2,1H3;1H. The Labute approximate surface area is 183 Å². The molecule has 3 aromatic rings. The number of carbonyl (C=O) groups excluding carboxylic acids is 1. The third-order valence-corrected chi connectivity index (χ3v) is 6.18.